The first-order valence-electron chi connectivity index (χ1n) is 10.7. The number of rotatable bonds is 6. The van der Waals surface area contributed by atoms with Crippen LogP contribution in [0.5, 0.6) is 0 Å². The van der Waals surface area contributed by atoms with E-state index in [2.05, 4.69) is 27.3 Å². The Labute approximate surface area is 176 Å². The number of likely N-dealkylation sites (tertiary alicyclic amines) is 1. The van der Waals surface area contributed by atoms with Gasteiger partial charge in [-0.1, -0.05) is 55.3 Å². The number of carbonyl (C=O) groups excluding carboxylic acids is 1. The van der Waals surface area contributed by atoms with Gasteiger partial charge >= 0.3 is 0 Å². The topological polar surface area (TPSA) is 67.2 Å². The van der Waals surface area contributed by atoms with Gasteiger partial charge in [-0.05, 0) is 43.6 Å². The second-order valence-electron chi connectivity index (χ2n) is 7.88. The van der Waals surface area contributed by atoms with Crippen LogP contribution in [0, 0.1) is 0 Å². The van der Waals surface area contributed by atoms with Crippen LogP contribution >= 0.6 is 0 Å². The molecule has 1 saturated heterocycles. The predicted molar refractivity (Wildman–Crippen MR) is 118 cm³/mol. The van der Waals surface area contributed by atoms with Crippen molar-refractivity contribution < 1.29 is 4.79 Å². The lowest BCUT2D eigenvalue weighted by Crippen LogP contribution is -2.40. The molecule has 1 N–H and O–H groups in total. The molecule has 3 aromatic rings. The van der Waals surface area contributed by atoms with Gasteiger partial charge in [-0.3, -0.25) is 19.1 Å². The quantitative estimate of drug-likeness (QED) is 0.685. The molecular weight excluding hydrogens is 376 g/mol. The first-order valence-corrected chi connectivity index (χ1v) is 10.7. The van der Waals surface area contributed by atoms with Gasteiger partial charge in [0.05, 0.1) is 23.3 Å². The lowest BCUT2D eigenvalue weighted by molar-refractivity contribution is -0.122. The first-order chi connectivity index (χ1) is 14.7. The number of hydrogen-bond acceptors (Lipinski definition) is 4. The van der Waals surface area contributed by atoms with Crippen LogP contribution in [0.4, 0.5) is 0 Å². The van der Waals surface area contributed by atoms with Crippen molar-refractivity contribution in [3.63, 3.8) is 0 Å². The van der Waals surface area contributed by atoms with Crippen LogP contribution < -0.4 is 10.9 Å². The summed E-state index contributed by atoms with van der Waals surface area (Å²) >= 11 is 0. The van der Waals surface area contributed by atoms with Crippen molar-refractivity contribution in [1.29, 1.82) is 0 Å². The van der Waals surface area contributed by atoms with Crippen LogP contribution in [0.1, 0.15) is 37.3 Å². The number of hydrogen-bond donors (Lipinski definition) is 1. The highest BCUT2D eigenvalue weighted by atomic mass is 16.2. The zero-order chi connectivity index (χ0) is 20.8. The third-order valence-corrected chi connectivity index (χ3v) is 5.80. The Kier molecular flexibility index (Phi) is 6.54. The van der Waals surface area contributed by atoms with E-state index >= 15 is 0 Å². The number of para-hydroxylation sites is 1. The average molecular weight is 405 g/mol. The number of nitrogens with zero attached hydrogens (tertiary/aromatic N) is 3. The number of aromatic nitrogens is 2. The largest absolute Gasteiger partial charge is 0.353 e. The van der Waals surface area contributed by atoms with Gasteiger partial charge in [0.1, 0.15) is 6.54 Å². The average Bonchev–Trinajstić information content (AvgIpc) is 3.06. The van der Waals surface area contributed by atoms with E-state index < -0.39 is 0 Å². The summed E-state index contributed by atoms with van der Waals surface area (Å²) in [5.41, 5.74) is 1.66. The summed E-state index contributed by atoms with van der Waals surface area (Å²) in [5.74, 6) is -0.176. The normalized spacial score (nSPS) is 16.1. The molecule has 2 heterocycles. The highest BCUT2D eigenvalue weighted by Gasteiger charge is 2.22. The molecule has 0 spiro atoms. The molecule has 1 atom stereocenters. The highest BCUT2D eigenvalue weighted by Crippen LogP contribution is 2.23. The molecule has 0 unspecified atom stereocenters. The van der Waals surface area contributed by atoms with E-state index in [9.17, 15) is 9.59 Å². The van der Waals surface area contributed by atoms with Crippen molar-refractivity contribution in [2.24, 2.45) is 0 Å². The van der Waals surface area contributed by atoms with Crippen LogP contribution in [-0.2, 0) is 11.3 Å². The van der Waals surface area contributed by atoms with Crippen LogP contribution in [0.3, 0.4) is 0 Å². The molecule has 6 nitrogen and oxygen atoms in total. The summed E-state index contributed by atoms with van der Waals surface area (Å²) in [4.78, 5) is 32.1. The molecule has 30 heavy (non-hydrogen) atoms. The third-order valence-electron chi connectivity index (χ3n) is 5.80. The van der Waals surface area contributed by atoms with Crippen LogP contribution in [0.15, 0.2) is 65.7 Å². The standard InChI is InChI=1S/C24H28N4O2/c29-23(17-28-18-26-21-13-7-6-12-20(21)24(28)30)25-16-22(19-10-4-3-5-11-19)27-14-8-1-2-9-15-27/h3-7,10-13,18,22H,1-2,8-9,14-17H2,(H,25,29)/t22-/m1/s1. The van der Waals surface area contributed by atoms with Gasteiger partial charge in [0.15, 0.2) is 0 Å². The highest BCUT2D eigenvalue weighted by molar-refractivity contribution is 5.78. The number of amides is 1. The lowest BCUT2D eigenvalue weighted by atomic mass is 10.0. The Balaban J connectivity index is 1.46. The van der Waals surface area contributed by atoms with Crippen molar-refractivity contribution in [3.05, 3.63) is 76.8 Å². The molecule has 1 aromatic heterocycles. The molecule has 0 radical (unpaired) electrons. The molecule has 1 amide bonds. The van der Waals surface area contributed by atoms with E-state index in [1.807, 2.05) is 30.3 Å². The molecule has 0 saturated carbocycles. The third kappa shape index (κ3) is 4.76. The zero-order valence-corrected chi connectivity index (χ0v) is 17.2. The molecule has 4 rings (SSSR count). The Morgan fingerprint density at radius 2 is 1.67 bits per heavy atom. The Bertz CT molecular complexity index is 1040. The second-order valence-corrected chi connectivity index (χ2v) is 7.88. The van der Waals surface area contributed by atoms with Crippen molar-refractivity contribution in [3.8, 4) is 0 Å². The predicted octanol–water partition coefficient (Wildman–Crippen LogP) is 3.13. The molecule has 156 valence electrons. The summed E-state index contributed by atoms with van der Waals surface area (Å²) in [6.45, 7) is 2.59. The van der Waals surface area contributed by atoms with E-state index in [-0.39, 0.29) is 24.1 Å². The minimum absolute atomic E-state index is 0.0296. The van der Waals surface area contributed by atoms with Crippen molar-refractivity contribution in [2.75, 3.05) is 19.6 Å². The van der Waals surface area contributed by atoms with E-state index in [1.54, 1.807) is 12.1 Å². The molecule has 1 aliphatic heterocycles. The van der Waals surface area contributed by atoms with Gasteiger partial charge in [-0.15, -0.1) is 0 Å². The SMILES string of the molecule is O=C(Cn1cnc2ccccc2c1=O)NC[C@H](c1ccccc1)N1CCCCCC1. The Morgan fingerprint density at radius 3 is 2.43 bits per heavy atom. The maximum atomic E-state index is 12.7. The Hall–Kier alpha value is -2.99. The smallest absolute Gasteiger partial charge is 0.261 e. The zero-order valence-electron chi connectivity index (χ0n) is 17.2. The minimum Gasteiger partial charge on any atom is -0.353 e. The monoisotopic (exact) mass is 404 g/mol. The van der Waals surface area contributed by atoms with Gasteiger partial charge in [0.25, 0.3) is 5.56 Å². The summed E-state index contributed by atoms with van der Waals surface area (Å²) in [7, 11) is 0. The maximum Gasteiger partial charge on any atom is 0.261 e. The summed E-state index contributed by atoms with van der Waals surface area (Å²) in [6.07, 6.45) is 6.36. The fraction of sp³-hybridized carbons (Fsp3) is 0.375. The van der Waals surface area contributed by atoms with Crippen molar-refractivity contribution in [1.82, 2.24) is 19.8 Å². The van der Waals surface area contributed by atoms with Gasteiger partial charge in [0, 0.05) is 6.54 Å². The maximum absolute atomic E-state index is 12.7. The fourth-order valence-corrected chi connectivity index (χ4v) is 4.18. The summed E-state index contributed by atoms with van der Waals surface area (Å²) in [5, 5.41) is 3.58. The molecule has 0 aliphatic carbocycles. The second kappa shape index (κ2) is 9.67. The minimum atomic E-state index is -0.192. The van der Waals surface area contributed by atoms with Crippen LogP contribution in [-0.4, -0.2) is 40.0 Å². The van der Waals surface area contributed by atoms with E-state index in [0.717, 1.165) is 13.1 Å². The molecular formula is C24H28N4O2. The van der Waals surface area contributed by atoms with Crippen LogP contribution in [0.2, 0.25) is 0 Å². The van der Waals surface area contributed by atoms with Gasteiger partial charge in [-0.25, -0.2) is 4.98 Å². The molecule has 2 aromatic carbocycles. The van der Waals surface area contributed by atoms with Gasteiger partial charge < -0.3 is 5.32 Å². The molecule has 0 bridgehead atoms. The van der Waals surface area contributed by atoms with Crippen molar-refractivity contribution >= 4 is 16.8 Å². The lowest BCUT2D eigenvalue weighted by Gasteiger charge is -2.31. The van der Waals surface area contributed by atoms with Gasteiger partial charge in [0.2, 0.25) is 5.91 Å². The molecule has 1 aliphatic rings. The number of benzene rings is 2. The van der Waals surface area contributed by atoms with E-state index in [0.29, 0.717) is 17.4 Å². The number of fused-ring (bicyclic) bond motifs is 1. The summed E-state index contributed by atoms with van der Waals surface area (Å²) in [6, 6.07) is 17.7. The summed E-state index contributed by atoms with van der Waals surface area (Å²) < 4.78 is 1.38. The van der Waals surface area contributed by atoms with Crippen molar-refractivity contribution in [2.45, 2.75) is 38.3 Å². The van der Waals surface area contributed by atoms with E-state index in [4.69, 9.17) is 0 Å². The van der Waals surface area contributed by atoms with Crippen LogP contribution in [0.25, 0.3) is 10.9 Å². The molecule has 6 heteroatoms. The van der Waals surface area contributed by atoms with E-state index in [1.165, 1.54) is 42.1 Å². The first kappa shape index (κ1) is 20.3. The Morgan fingerprint density at radius 1 is 0.967 bits per heavy atom. The van der Waals surface area contributed by atoms with Gasteiger partial charge in [-0.2, -0.15) is 0 Å². The fourth-order valence-electron chi connectivity index (χ4n) is 4.18. The number of nitrogens with one attached hydrogen (secondary N) is 1. The molecule has 1 fully saturated rings. The number of carbonyl (C=O) groups is 1.